The van der Waals surface area contributed by atoms with Gasteiger partial charge in [0.05, 0.1) is 23.8 Å². The number of rotatable bonds is 4. The van der Waals surface area contributed by atoms with Crippen LogP contribution < -0.4 is 4.74 Å². The molecule has 2 aromatic heterocycles. The highest BCUT2D eigenvalue weighted by Crippen LogP contribution is 2.34. The standard InChI is InChI=1S/C22H18N5O2/c1-13-18(12-23)20(14-6-10-17(29-3)11-7-14)24-22-19(13)21(25-26-22)15-4-8-16(9-5-15)27(2)28/h4-11,28H,2H2,1,3H3,(H,24,25,26)/q+1. The number of nitrogens with zero attached hydrogens (tertiary/aromatic N) is 4. The highest BCUT2D eigenvalue weighted by atomic mass is 16.5. The lowest BCUT2D eigenvalue weighted by Gasteiger charge is -2.09. The van der Waals surface area contributed by atoms with Gasteiger partial charge in [-0.05, 0) is 48.9 Å². The van der Waals surface area contributed by atoms with Crippen molar-refractivity contribution in [1.29, 1.82) is 5.26 Å². The molecule has 4 aromatic rings. The minimum Gasteiger partial charge on any atom is -0.497 e. The second-order valence-corrected chi connectivity index (χ2v) is 6.54. The molecule has 2 aromatic carbocycles. The molecule has 0 amide bonds. The molecule has 0 saturated heterocycles. The van der Waals surface area contributed by atoms with Crippen molar-refractivity contribution in [2.75, 3.05) is 7.11 Å². The molecule has 2 N–H and O–H groups in total. The summed E-state index contributed by atoms with van der Waals surface area (Å²) in [5.74, 6) is 0.737. The Morgan fingerprint density at radius 2 is 1.69 bits per heavy atom. The van der Waals surface area contributed by atoms with Crippen LogP contribution in [0.1, 0.15) is 11.1 Å². The van der Waals surface area contributed by atoms with Crippen LogP contribution in [0, 0.1) is 18.3 Å². The maximum absolute atomic E-state index is 9.83. The summed E-state index contributed by atoms with van der Waals surface area (Å²) in [5.41, 5.74) is 5.43. The quantitative estimate of drug-likeness (QED) is 0.238. The van der Waals surface area contributed by atoms with Crippen LogP contribution in [0.3, 0.4) is 0 Å². The van der Waals surface area contributed by atoms with Crippen LogP contribution in [0.4, 0.5) is 5.69 Å². The Morgan fingerprint density at radius 1 is 1.07 bits per heavy atom. The molecule has 0 atom stereocenters. The van der Waals surface area contributed by atoms with Crippen LogP contribution in [-0.4, -0.2) is 39.0 Å². The lowest BCUT2D eigenvalue weighted by molar-refractivity contribution is -0.706. The summed E-state index contributed by atoms with van der Waals surface area (Å²) >= 11 is 0. The Balaban J connectivity index is 1.89. The summed E-state index contributed by atoms with van der Waals surface area (Å²) in [6.07, 6.45) is 0. The number of fused-ring (bicyclic) bond motifs is 1. The first kappa shape index (κ1) is 18.2. The Morgan fingerprint density at radius 3 is 2.28 bits per heavy atom. The second kappa shape index (κ2) is 7.09. The van der Waals surface area contributed by atoms with E-state index in [1.807, 2.05) is 43.3 Å². The van der Waals surface area contributed by atoms with Gasteiger partial charge in [0, 0.05) is 28.0 Å². The smallest absolute Gasteiger partial charge is 0.256 e. The lowest BCUT2D eigenvalue weighted by Crippen LogP contribution is -1.96. The predicted molar refractivity (Wildman–Crippen MR) is 110 cm³/mol. The number of nitrogens with one attached hydrogen (secondary N) is 1. The molecule has 0 spiro atoms. The zero-order chi connectivity index (χ0) is 20.5. The van der Waals surface area contributed by atoms with Gasteiger partial charge in [-0.1, -0.05) is 0 Å². The fourth-order valence-corrected chi connectivity index (χ4v) is 3.33. The van der Waals surface area contributed by atoms with Crippen LogP contribution in [0.2, 0.25) is 0 Å². The molecule has 7 nitrogen and oxygen atoms in total. The van der Waals surface area contributed by atoms with E-state index in [1.54, 1.807) is 19.2 Å². The summed E-state index contributed by atoms with van der Waals surface area (Å²) in [7, 11) is 1.61. The number of hydrogen-bond acceptors (Lipinski definition) is 5. The third-order valence-corrected chi connectivity index (χ3v) is 4.87. The van der Waals surface area contributed by atoms with Gasteiger partial charge >= 0.3 is 0 Å². The molecule has 0 aliphatic heterocycles. The molecule has 0 fully saturated rings. The molecule has 0 aliphatic carbocycles. The van der Waals surface area contributed by atoms with Gasteiger partial charge < -0.3 is 4.74 Å². The maximum Gasteiger partial charge on any atom is 0.256 e. The number of aromatic amines is 1. The minimum absolute atomic E-state index is 0.501. The van der Waals surface area contributed by atoms with Gasteiger partial charge in [-0.2, -0.15) is 10.4 Å². The van der Waals surface area contributed by atoms with Gasteiger partial charge in [-0.25, -0.2) is 4.98 Å². The van der Waals surface area contributed by atoms with E-state index in [2.05, 4.69) is 28.0 Å². The molecule has 2 heterocycles. The van der Waals surface area contributed by atoms with Crippen molar-refractivity contribution >= 4 is 23.4 Å². The van der Waals surface area contributed by atoms with Gasteiger partial charge in [-0.3, -0.25) is 10.3 Å². The van der Waals surface area contributed by atoms with E-state index in [-0.39, 0.29) is 0 Å². The van der Waals surface area contributed by atoms with Gasteiger partial charge in [0.2, 0.25) is 0 Å². The minimum atomic E-state index is 0.501. The molecule has 0 bridgehead atoms. The Hall–Kier alpha value is -4.18. The average Bonchev–Trinajstić information content (AvgIpc) is 3.18. The first-order valence-corrected chi connectivity index (χ1v) is 8.86. The molecule has 142 valence electrons. The Bertz CT molecular complexity index is 1270. The SMILES string of the molecule is C=[N+](O)c1ccc(-c2n[nH]c3nc(-c4ccc(OC)cc4)c(C#N)c(C)c23)cc1. The van der Waals surface area contributed by atoms with E-state index in [9.17, 15) is 10.5 Å². The summed E-state index contributed by atoms with van der Waals surface area (Å²) in [6.45, 7) is 5.35. The van der Waals surface area contributed by atoms with Crippen molar-refractivity contribution in [2.24, 2.45) is 0 Å². The fourth-order valence-electron chi connectivity index (χ4n) is 3.33. The molecule has 0 radical (unpaired) electrons. The normalized spacial score (nSPS) is 10.7. The first-order valence-electron chi connectivity index (χ1n) is 8.86. The number of benzene rings is 2. The van der Waals surface area contributed by atoms with Crippen LogP contribution >= 0.6 is 0 Å². The third kappa shape index (κ3) is 3.07. The van der Waals surface area contributed by atoms with Crippen molar-refractivity contribution in [3.63, 3.8) is 0 Å². The summed E-state index contributed by atoms with van der Waals surface area (Å²) < 4.78 is 6.01. The number of nitriles is 1. The van der Waals surface area contributed by atoms with E-state index in [1.165, 1.54) is 0 Å². The maximum atomic E-state index is 9.83. The average molecular weight is 384 g/mol. The van der Waals surface area contributed by atoms with Crippen LogP contribution in [-0.2, 0) is 0 Å². The second-order valence-electron chi connectivity index (χ2n) is 6.54. The summed E-state index contributed by atoms with van der Waals surface area (Å²) in [5, 5.41) is 27.5. The Labute approximate surface area is 167 Å². The largest absolute Gasteiger partial charge is 0.497 e. The molecular formula is C22H18N5O2+. The van der Waals surface area contributed by atoms with E-state index >= 15 is 0 Å². The van der Waals surface area contributed by atoms with Crippen LogP contribution in [0.15, 0.2) is 48.5 Å². The zero-order valence-corrected chi connectivity index (χ0v) is 16.0. The van der Waals surface area contributed by atoms with Gasteiger partial charge in [0.15, 0.2) is 12.4 Å². The van der Waals surface area contributed by atoms with Crippen molar-refractivity contribution in [2.45, 2.75) is 6.92 Å². The number of pyridine rings is 1. The Kier molecular flexibility index (Phi) is 4.45. The number of ether oxygens (including phenoxy) is 1. The van der Waals surface area contributed by atoms with Crippen molar-refractivity contribution in [3.05, 3.63) is 59.7 Å². The molecule has 0 unspecified atom stereocenters. The van der Waals surface area contributed by atoms with Crippen molar-refractivity contribution in [1.82, 2.24) is 15.2 Å². The molecule has 29 heavy (non-hydrogen) atoms. The highest BCUT2D eigenvalue weighted by Gasteiger charge is 2.19. The summed E-state index contributed by atoms with van der Waals surface area (Å²) in [4.78, 5) is 4.68. The zero-order valence-electron chi connectivity index (χ0n) is 16.0. The number of H-pyrrole nitrogens is 1. The van der Waals surface area contributed by atoms with E-state index in [0.29, 0.717) is 28.3 Å². The van der Waals surface area contributed by atoms with Gasteiger partial charge in [0.25, 0.3) is 5.69 Å². The van der Waals surface area contributed by atoms with Crippen molar-refractivity contribution in [3.8, 4) is 34.3 Å². The van der Waals surface area contributed by atoms with E-state index in [0.717, 1.165) is 32.6 Å². The van der Waals surface area contributed by atoms with E-state index < -0.39 is 0 Å². The number of hydrogen-bond donors (Lipinski definition) is 2. The first-order chi connectivity index (χ1) is 14.0. The van der Waals surface area contributed by atoms with E-state index in [4.69, 9.17) is 4.74 Å². The third-order valence-electron chi connectivity index (χ3n) is 4.87. The number of aromatic nitrogens is 3. The van der Waals surface area contributed by atoms with Crippen LogP contribution in [0.5, 0.6) is 5.75 Å². The molecule has 0 aliphatic rings. The van der Waals surface area contributed by atoms with Gasteiger partial charge in [-0.15, -0.1) is 0 Å². The monoisotopic (exact) mass is 384 g/mol. The fraction of sp³-hybridized carbons (Fsp3) is 0.0909. The topological polar surface area (TPSA) is 97.8 Å². The van der Waals surface area contributed by atoms with Crippen molar-refractivity contribution < 1.29 is 14.7 Å². The predicted octanol–water partition coefficient (Wildman–Crippen LogP) is 4.21. The van der Waals surface area contributed by atoms with Gasteiger partial charge in [0.1, 0.15) is 17.5 Å². The number of methoxy groups -OCH3 is 1. The lowest BCUT2D eigenvalue weighted by atomic mass is 9.97. The highest BCUT2D eigenvalue weighted by molar-refractivity contribution is 5.96. The molecule has 0 saturated carbocycles. The molecular weight excluding hydrogens is 366 g/mol. The molecule has 4 rings (SSSR count). The van der Waals surface area contributed by atoms with Crippen LogP contribution in [0.25, 0.3) is 33.5 Å². The molecule has 7 heteroatoms. The summed E-state index contributed by atoms with van der Waals surface area (Å²) in [6, 6.07) is 16.9. The number of aryl methyl sites for hydroxylation is 1.